The number of nitrogens with one attached hydrogen (secondary N) is 1. The molecule has 1 heterocycles. The van der Waals surface area contributed by atoms with Gasteiger partial charge in [-0.2, -0.15) is 0 Å². The maximum Gasteiger partial charge on any atom is 0.407 e. The van der Waals surface area contributed by atoms with Crippen LogP contribution in [0, 0.1) is 46.3 Å². The van der Waals surface area contributed by atoms with Gasteiger partial charge in [-0.05, 0) is 124 Å². The van der Waals surface area contributed by atoms with Gasteiger partial charge < -0.3 is 15.0 Å². The summed E-state index contributed by atoms with van der Waals surface area (Å²) in [6, 6.07) is 0.234. The predicted molar refractivity (Wildman–Crippen MR) is 139 cm³/mol. The van der Waals surface area contributed by atoms with Crippen LogP contribution < -0.4 is 5.32 Å². The van der Waals surface area contributed by atoms with Gasteiger partial charge in [0.2, 0.25) is 5.91 Å². The Bertz CT molecular complexity index is 953. The minimum atomic E-state index is -0.260. The van der Waals surface area contributed by atoms with E-state index in [2.05, 4.69) is 19.2 Å². The van der Waals surface area contributed by atoms with E-state index in [0.717, 1.165) is 60.8 Å². The number of carbonyl (C=O) groups excluding carboxylic acids is 2. The summed E-state index contributed by atoms with van der Waals surface area (Å²) < 4.78 is 6.26. The van der Waals surface area contributed by atoms with Crippen molar-refractivity contribution in [2.75, 3.05) is 13.6 Å². The van der Waals surface area contributed by atoms with Crippen molar-refractivity contribution in [1.82, 2.24) is 10.2 Å². The quantitative estimate of drug-likeness (QED) is 0.517. The van der Waals surface area contributed by atoms with Crippen LogP contribution in [0.15, 0.2) is 11.6 Å². The van der Waals surface area contributed by atoms with Gasteiger partial charge in [0.25, 0.3) is 0 Å². The molecule has 5 nitrogen and oxygen atoms in total. The monoisotopic (exact) mass is 494 g/mol. The average molecular weight is 495 g/mol. The highest BCUT2D eigenvalue weighted by Crippen LogP contribution is 2.65. The number of carbonyl (C=O) groups is 2. The van der Waals surface area contributed by atoms with Crippen LogP contribution in [0.5, 0.6) is 0 Å². The molecule has 7 fully saturated rings. The highest BCUT2D eigenvalue weighted by molar-refractivity contribution is 5.90. The molecule has 0 unspecified atom stereocenters. The third-order valence-electron chi connectivity index (χ3n) is 13.0. The third kappa shape index (κ3) is 3.39. The Balaban J connectivity index is 1.10. The second-order valence-electron chi connectivity index (χ2n) is 14.8. The van der Waals surface area contributed by atoms with Gasteiger partial charge >= 0.3 is 6.09 Å². The lowest BCUT2D eigenvalue weighted by atomic mass is 9.47. The van der Waals surface area contributed by atoms with E-state index in [1.165, 1.54) is 57.8 Å². The minimum absolute atomic E-state index is 0.0660. The van der Waals surface area contributed by atoms with E-state index in [0.29, 0.717) is 17.9 Å². The van der Waals surface area contributed by atoms with Crippen molar-refractivity contribution in [2.24, 2.45) is 46.3 Å². The zero-order chi connectivity index (χ0) is 24.9. The third-order valence-corrected chi connectivity index (χ3v) is 13.0. The second kappa shape index (κ2) is 7.99. The molecule has 1 N–H and O–H groups in total. The highest BCUT2D eigenvalue weighted by atomic mass is 16.6. The van der Waals surface area contributed by atoms with Gasteiger partial charge in [0.1, 0.15) is 5.60 Å². The van der Waals surface area contributed by atoms with Gasteiger partial charge in [-0.3, -0.25) is 4.79 Å². The molecule has 4 bridgehead atoms. The lowest BCUT2D eigenvalue weighted by Crippen LogP contribution is -2.62. The molecule has 0 spiro atoms. The predicted octanol–water partition coefficient (Wildman–Crippen LogP) is 6.08. The number of ether oxygens (including phenoxy) is 1. The Labute approximate surface area is 217 Å². The molecule has 5 heteroatoms. The van der Waals surface area contributed by atoms with Crippen LogP contribution >= 0.6 is 0 Å². The number of fused-ring (bicyclic) bond motifs is 5. The van der Waals surface area contributed by atoms with E-state index in [9.17, 15) is 9.59 Å². The standard InChI is InChI=1S/C31H46N2O3/c1-29-9-4-5-24(29)23-6-7-26-30(2,25(23)8-10-29)22(14-27(34)33(26)3)18-32-28(35)36-31-15-19-11-20(16-31)13-21(12-19)17-31/h14,19-21,23-26H,4-13,15-18H2,1-3H3,(H,32,35)/t19?,20?,21?,23-,24-,25-,26+,29-,30+,31?/m0/s1. The normalized spacial score (nSPS) is 50.8. The Hall–Kier alpha value is -1.52. The maximum atomic E-state index is 13.2. The first-order valence-electron chi connectivity index (χ1n) is 15.1. The van der Waals surface area contributed by atoms with Crippen LogP contribution in [0.25, 0.3) is 0 Å². The van der Waals surface area contributed by atoms with Crippen molar-refractivity contribution in [3.05, 3.63) is 11.6 Å². The molecule has 8 rings (SSSR count). The first-order valence-corrected chi connectivity index (χ1v) is 15.1. The molecule has 198 valence electrons. The fourth-order valence-electron chi connectivity index (χ4n) is 11.7. The second-order valence-corrected chi connectivity index (χ2v) is 14.8. The molecule has 6 atom stereocenters. The highest BCUT2D eigenvalue weighted by Gasteiger charge is 2.60. The Morgan fingerprint density at radius 1 is 1.00 bits per heavy atom. The smallest absolute Gasteiger partial charge is 0.407 e. The van der Waals surface area contributed by atoms with Crippen LogP contribution in [0.4, 0.5) is 4.79 Å². The number of rotatable bonds is 3. The van der Waals surface area contributed by atoms with Gasteiger partial charge in [0.05, 0.1) is 0 Å². The Kier molecular flexibility index (Phi) is 5.24. The number of hydrogen-bond donors (Lipinski definition) is 1. The van der Waals surface area contributed by atoms with Crippen molar-refractivity contribution in [1.29, 1.82) is 0 Å². The van der Waals surface area contributed by atoms with Crippen LogP contribution in [-0.2, 0) is 9.53 Å². The molecule has 0 aromatic heterocycles. The van der Waals surface area contributed by atoms with Crippen LogP contribution in [0.3, 0.4) is 0 Å². The molecule has 0 aromatic rings. The molecule has 7 saturated carbocycles. The summed E-state index contributed by atoms with van der Waals surface area (Å²) in [7, 11) is 2.00. The van der Waals surface area contributed by atoms with Crippen LogP contribution in [-0.4, -0.2) is 42.1 Å². The van der Waals surface area contributed by atoms with Crippen molar-refractivity contribution in [2.45, 2.75) is 109 Å². The van der Waals surface area contributed by atoms with Crippen LogP contribution in [0.2, 0.25) is 0 Å². The number of alkyl carbamates (subject to hydrolysis) is 1. The number of nitrogens with zero attached hydrogens (tertiary/aromatic N) is 1. The molecule has 2 amide bonds. The Morgan fingerprint density at radius 2 is 1.69 bits per heavy atom. The number of amides is 2. The molecule has 1 aliphatic heterocycles. The molecule has 7 aliphatic carbocycles. The zero-order valence-corrected chi connectivity index (χ0v) is 22.7. The summed E-state index contributed by atoms with van der Waals surface area (Å²) in [4.78, 5) is 28.3. The van der Waals surface area contributed by atoms with Crippen molar-refractivity contribution < 1.29 is 14.3 Å². The Morgan fingerprint density at radius 3 is 2.39 bits per heavy atom. The summed E-state index contributed by atoms with van der Waals surface area (Å²) in [6.45, 7) is 5.42. The molecule has 0 radical (unpaired) electrons. The van der Waals surface area contributed by atoms with E-state index in [4.69, 9.17) is 4.74 Å². The van der Waals surface area contributed by atoms with E-state index in [1.54, 1.807) is 0 Å². The lowest BCUT2D eigenvalue weighted by Gasteiger charge is -2.61. The van der Waals surface area contributed by atoms with Gasteiger partial charge in [-0.15, -0.1) is 0 Å². The summed E-state index contributed by atoms with van der Waals surface area (Å²) in [5.41, 5.74) is 1.37. The summed E-state index contributed by atoms with van der Waals surface area (Å²) >= 11 is 0. The van der Waals surface area contributed by atoms with E-state index >= 15 is 0 Å². The van der Waals surface area contributed by atoms with Gasteiger partial charge in [-0.25, -0.2) is 4.79 Å². The summed E-state index contributed by atoms with van der Waals surface area (Å²) in [5, 5.41) is 3.17. The lowest BCUT2D eigenvalue weighted by molar-refractivity contribution is -0.139. The average Bonchev–Trinajstić information content (AvgIpc) is 3.21. The largest absolute Gasteiger partial charge is 0.443 e. The minimum Gasteiger partial charge on any atom is -0.443 e. The van der Waals surface area contributed by atoms with E-state index in [1.807, 2.05) is 18.0 Å². The van der Waals surface area contributed by atoms with Crippen molar-refractivity contribution >= 4 is 12.0 Å². The van der Waals surface area contributed by atoms with Gasteiger partial charge in [0.15, 0.2) is 0 Å². The zero-order valence-electron chi connectivity index (χ0n) is 22.7. The maximum absolute atomic E-state index is 13.2. The van der Waals surface area contributed by atoms with E-state index < -0.39 is 0 Å². The number of hydrogen-bond acceptors (Lipinski definition) is 3. The van der Waals surface area contributed by atoms with Gasteiger partial charge in [-0.1, -0.05) is 20.3 Å². The van der Waals surface area contributed by atoms with E-state index in [-0.39, 0.29) is 29.1 Å². The van der Waals surface area contributed by atoms with Crippen molar-refractivity contribution in [3.63, 3.8) is 0 Å². The molecular formula is C31H46N2O3. The fraction of sp³-hybridized carbons (Fsp3) is 0.871. The SMILES string of the molecule is CN1C(=O)C=C(CNC(=O)OC23CC4CC(CC(C4)C2)C3)[C@]2(C)[C@H]3CC[C@]4(C)CCC[C@H]4[C@@H]3CC[C@@H]12. The first kappa shape index (κ1) is 23.6. The molecule has 0 saturated heterocycles. The molecule has 0 aromatic carbocycles. The number of likely N-dealkylation sites (N-methyl/N-ethyl adjacent to an activating group) is 1. The van der Waals surface area contributed by atoms with Gasteiger partial charge in [0, 0.05) is 31.1 Å². The molecule has 8 aliphatic rings. The first-order chi connectivity index (χ1) is 17.2. The van der Waals surface area contributed by atoms with Crippen molar-refractivity contribution in [3.8, 4) is 0 Å². The van der Waals surface area contributed by atoms with Crippen LogP contribution in [0.1, 0.15) is 97.3 Å². The summed E-state index contributed by atoms with van der Waals surface area (Å²) in [5.74, 6) is 4.53. The molecular weight excluding hydrogens is 448 g/mol. The topological polar surface area (TPSA) is 58.6 Å². The molecule has 36 heavy (non-hydrogen) atoms. The summed E-state index contributed by atoms with van der Waals surface area (Å²) in [6.07, 6.45) is 17.8. The fourth-order valence-corrected chi connectivity index (χ4v) is 11.7.